The maximum Gasteiger partial charge on any atom is 0.233 e. The number of hydrogen-bond donors (Lipinski definition) is 4. The number of phenolic OH excluding ortho intramolecular Hbond substituents is 3. The Bertz CT molecular complexity index is 809. The number of benzene rings is 1. The number of aliphatic hydroxyl groups is 1. The van der Waals surface area contributed by atoms with Crippen LogP contribution in [0.3, 0.4) is 0 Å². The lowest BCUT2D eigenvalue weighted by molar-refractivity contribution is -0.128. The molecular weight excluding hydrogens is 336 g/mol. The first kappa shape index (κ1) is 18.7. The van der Waals surface area contributed by atoms with E-state index in [4.69, 9.17) is 0 Å². The van der Waals surface area contributed by atoms with Gasteiger partial charge in [-0.25, -0.2) is 0 Å². The number of Topliss-reactive ketones (excluding diaryl/α,β-unsaturated/α-hetero) is 2. The Labute approximate surface area is 152 Å². The lowest BCUT2D eigenvalue weighted by Gasteiger charge is -2.52. The average molecular weight is 362 g/mol. The van der Waals surface area contributed by atoms with Crippen molar-refractivity contribution >= 4 is 11.6 Å². The Morgan fingerprint density at radius 2 is 1.65 bits per heavy atom. The minimum Gasteiger partial charge on any atom is -0.507 e. The van der Waals surface area contributed by atoms with E-state index in [1.807, 2.05) is 20.8 Å². The van der Waals surface area contributed by atoms with Crippen LogP contribution >= 0.6 is 0 Å². The minimum absolute atomic E-state index is 0.109. The van der Waals surface area contributed by atoms with Crippen LogP contribution in [0.15, 0.2) is 0 Å². The van der Waals surface area contributed by atoms with Crippen molar-refractivity contribution in [2.75, 3.05) is 6.61 Å². The van der Waals surface area contributed by atoms with Gasteiger partial charge in [0.15, 0.2) is 11.5 Å². The molecule has 6 nitrogen and oxygen atoms in total. The summed E-state index contributed by atoms with van der Waals surface area (Å²) in [6.45, 7) is 6.84. The number of phenols is 3. The summed E-state index contributed by atoms with van der Waals surface area (Å²) in [5.41, 5.74) is -1.48. The van der Waals surface area contributed by atoms with Crippen LogP contribution in [-0.2, 0) is 10.2 Å². The number of aromatic hydroxyl groups is 3. The number of hydrogen-bond acceptors (Lipinski definition) is 6. The molecule has 3 atom stereocenters. The van der Waals surface area contributed by atoms with Crippen molar-refractivity contribution in [2.24, 2.45) is 11.3 Å². The first-order valence-corrected chi connectivity index (χ1v) is 8.99. The predicted octanol–water partition coefficient (Wildman–Crippen LogP) is 2.75. The average Bonchev–Trinajstić information content (AvgIpc) is 2.55. The quantitative estimate of drug-likeness (QED) is 0.365. The number of rotatable bonds is 2. The Morgan fingerprint density at radius 3 is 2.23 bits per heavy atom. The molecule has 1 aromatic rings. The number of carbonyl (C=O) groups excluding carboxylic acids is 2. The lowest BCUT2D eigenvalue weighted by atomic mass is 9.49. The Kier molecular flexibility index (Phi) is 4.11. The van der Waals surface area contributed by atoms with Gasteiger partial charge in [0.25, 0.3) is 0 Å². The van der Waals surface area contributed by atoms with E-state index in [2.05, 4.69) is 0 Å². The highest BCUT2D eigenvalue weighted by molar-refractivity contribution is 6.47. The topological polar surface area (TPSA) is 115 Å². The molecule has 1 fully saturated rings. The third kappa shape index (κ3) is 2.21. The normalized spacial score (nSPS) is 28.4. The highest BCUT2D eigenvalue weighted by atomic mass is 16.3. The molecular formula is C20H26O6. The van der Waals surface area contributed by atoms with Crippen molar-refractivity contribution in [1.82, 2.24) is 0 Å². The van der Waals surface area contributed by atoms with E-state index in [9.17, 15) is 30.0 Å². The first-order chi connectivity index (χ1) is 12.0. The van der Waals surface area contributed by atoms with Crippen LogP contribution in [0.2, 0.25) is 0 Å². The zero-order chi connectivity index (χ0) is 19.6. The summed E-state index contributed by atoms with van der Waals surface area (Å²) in [5.74, 6) is -4.26. The van der Waals surface area contributed by atoms with Crippen molar-refractivity contribution in [3.8, 4) is 17.2 Å². The van der Waals surface area contributed by atoms with Crippen molar-refractivity contribution in [3.05, 3.63) is 16.7 Å². The molecule has 26 heavy (non-hydrogen) atoms. The van der Waals surface area contributed by atoms with Crippen LogP contribution < -0.4 is 0 Å². The second-order valence-electron chi connectivity index (χ2n) is 8.68. The van der Waals surface area contributed by atoms with E-state index in [1.54, 1.807) is 6.92 Å². The van der Waals surface area contributed by atoms with E-state index in [0.29, 0.717) is 6.42 Å². The summed E-state index contributed by atoms with van der Waals surface area (Å²) in [4.78, 5) is 25.9. The first-order valence-electron chi connectivity index (χ1n) is 8.99. The van der Waals surface area contributed by atoms with E-state index < -0.39 is 58.1 Å². The zero-order valence-corrected chi connectivity index (χ0v) is 15.6. The molecule has 0 bridgehead atoms. The van der Waals surface area contributed by atoms with Gasteiger partial charge >= 0.3 is 0 Å². The molecule has 142 valence electrons. The van der Waals surface area contributed by atoms with Crippen molar-refractivity contribution in [3.63, 3.8) is 0 Å². The fourth-order valence-corrected chi connectivity index (χ4v) is 5.29. The van der Waals surface area contributed by atoms with Gasteiger partial charge in [-0.15, -0.1) is 0 Å². The minimum atomic E-state index is -0.859. The smallest absolute Gasteiger partial charge is 0.233 e. The Balaban J connectivity index is 2.40. The van der Waals surface area contributed by atoms with E-state index in [1.165, 1.54) is 0 Å². The molecule has 0 heterocycles. The van der Waals surface area contributed by atoms with Crippen LogP contribution in [0.25, 0.3) is 0 Å². The SMILES string of the molecule is C[C@H](CO)c1c(O)c(O)c2c(c1O)C(=O)C(=O)[C@H]1C(C)(C)CCC[C@@]21C. The van der Waals surface area contributed by atoms with E-state index in [-0.39, 0.29) is 16.7 Å². The molecule has 3 rings (SSSR count). The van der Waals surface area contributed by atoms with Crippen LogP contribution in [0, 0.1) is 11.3 Å². The summed E-state index contributed by atoms with van der Waals surface area (Å²) in [7, 11) is 0. The monoisotopic (exact) mass is 362 g/mol. The van der Waals surface area contributed by atoms with Gasteiger partial charge in [0, 0.05) is 35.0 Å². The summed E-state index contributed by atoms with van der Waals surface area (Å²) in [6.07, 6.45) is 2.14. The molecule has 0 radical (unpaired) electrons. The molecule has 0 amide bonds. The van der Waals surface area contributed by atoms with Gasteiger partial charge in [0.1, 0.15) is 5.75 Å². The summed E-state index contributed by atoms with van der Waals surface area (Å²) in [6, 6.07) is 0. The van der Waals surface area contributed by atoms with Gasteiger partial charge in [-0.1, -0.05) is 34.1 Å². The Morgan fingerprint density at radius 1 is 1.04 bits per heavy atom. The lowest BCUT2D eigenvalue weighted by Crippen LogP contribution is -2.54. The number of carbonyl (C=O) groups is 2. The fourth-order valence-electron chi connectivity index (χ4n) is 5.29. The molecule has 0 unspecified atom stereocenters. The van der Waals surface area contributed by atoms with E-state index in [0.717, 1.165) is 12.8 Å². The highest BCUT2D eigenvalue weighted by Gasteiger charge is 2.59. The van der Waals surface area contributed by atoms with Gasteiger partial charge in [-0.3, -0.25) is 9.59 Å². The molecule has 2 aliphatic carbocycles. The number of aliphatic hydroxyl groups excluding tert-OH is 1. The van der Waals surface area contributed by atoms with Crippen molar-refractivity contribution < 1.29 is 30.0 Å². The van der Waals surface area contributed by atoms with Gasteiger partial charge in [-0.05, 0) is 18.3 Å². The van der Waals surface area contributed by atoms with Gasteiger partial charge < -0.3 is 20.4 Å². The third-order valence-electron chi connectivity index (χ3n) is 6.44. The second-order valence-corrected chi connectivity index (χ2v) is 8.68. The molecule has 6 heteroatoms. The van der Waals surface area contributed by atoms with Crippen LogP contribution in [-0.4, -0.2) is 38.6 Å². The summed E-state index contributed by atoms with van der Waals surface area (Å²) < 4.78 is 0. The largest absolute Gasteiger partial charge is 0.507 e. The van der Waals surface area contributed by atoms with Crippen LogP contribution in [0.5, 0.6) is 17.2 Å². The fraction of sp³-hybridized carbons (Fsp3) is 0.600. The number of ketones is 2. The second kappa shape index (κ2) is 5.71. The summed E-state index contributed by atoms with van der Waals surface area (Å²) >= 11 is 0. The molecule has 0 saturated heterocycles. The molecule has 4 N–H and O–H groups in total. The van der Waals surface area contributed by atoms with Gasteiger partial charge in [0.05, 0.1) is 5.56 Å². The summed E-state index contributed by atoms with van der Waals surface area (Å²) in [5, 5.41) is 41.4. The molecule has 1 saturated carbocycles. The predicted molar refractivity (Wildman–Crippen MR) is 94.7 cm³/mol. The van der Waals surface area contributed by atoms with E-state index >= 15 is 0 Å². The standard InChI is InChI=1S/C20H26O6/c1-9(8-21)10-13(22)11-12(16(25)14(10)23)20(4)7-5-6-19(2,3)18(20)17(26)15(11)24/h9,18,21-23,25H,5-8H2,1-4H3/t9-,18+,20+/m1/s1. The number of fused-ring (bicyclic) bond motifs is 3. The van der Waals surface area contributed by atoms with Crippen LogP contribution in [0.1, 0.15) is 74.4 Å². The zero-order valence-electron chi connectivity index (χ0n) is 15.6. The maximum atomic E-state index is 13.0. The van der Waals surface area contributed by atoms with Crippen molar-refractivity contribution in [2.45, 2.75) is 58.3 Å². The van der Waals surface area contributed by atoms with Crippen LogP contribution in [0.4, 0.5) is 0 Å². The van der Waals surface area contributed by atoms with Gasteiger partial charge in [-0.2, -0.15) is 0 Å². The molecule has 0 aromatic heterocycles. The molecule has 0 aliphatic heterocycles. The maximum absolute atomic E-state index is 13.0. The highest BCUT2D eigenvalue weighted by Crippen LogP contribution is 2.61. The third-order valence-corrected chi connectivity index (χ3v) is 6.44. The van der Waals surface area contributed by atoms with Crippen molar-refractivity contribution in [1.29, 1.82) is 0 Å². The molecule has 0 spiro atoms. The van der Waals surface area contributed by atoms with Gasteiger partial charge in [0.2, 0.25) is 11.6 Å². The molecule has 2 aliphatic rings. The molecule has 1 aromatic carbocycles. The Hall–Kier alpha value is -2.08.